The van der Waals surface area contributed by atoms with Crippen LogP contribution in [-0.4, -0.2) is 28.9 Å². The van der Waals surface area contributed by atoms with E-state index >= 15 is 0 Å². The predicted octanol–water partition coefficient (Wildman–Crippen LogP) is 0.914. The molecule has 0 unspecified atom stereocenters. The molecule has 7 nitrogen and oxygen atoms in total. The molecule has 1 amide bonds. The minimum atomic E-state index is -0.584. The molecule has 1 aromatic heterocycles. The highest BCUT2D eigenvalue weighted by atomic mass is 79.9. The Balaban J connectivity index is 2.70. The SMILES string of the molecule is C#CCNC(=O)CNc1ncc(Br)cc1[N+](=O)[O-]. The molecule has 0 spiro atoms. The first-order valence-corrected chi connectivity index (χ1v) is 5.58. The zero-order valence-corrected chi connectivity index (χ0v) is 10.7. The smallest absolute Gasteiger partial charge is 0.312 e. The van der Waals surface area contributed by atoms with Gasteiger partial charge in [-0.1, -0.05) is 5.92 Å². The molecule has 0 aliphatic rings. The predicted molar refractivity (Wildman–Crippen MR) is 68.9 cm³/mol. The van der Waals surface area contributed by atoms with E-state index in [1.807, 2.05) is 0 Å². The van der Waals surface area contributed by atoms with Gasteiger partial charge in [-0.25, -0.2) is 4.98 Å². The van der Waals surface area contributed by atoms with Crippen LogP contribution in [0.5, 0.6) is 0 Å². The number of anilines is 1. The summed E-state index contributed by atoms with van der Waals surface area (Å²) in [6.45, 7) is -0.0342. The fourth-order valence-electron chi connectivity index (χ4n) is 1.08. The standard InChI is InChI=1S/C10H9BrN4O3/c1-2-3-12-9(16)6-14-10-8(15(17)18)4-7(11)5-13-10/h1,4-5H,3,6H2,(H,12,16)(H,13,14). The van der Waals surface area contributed by atoms with Gasteiger partial charge in [0.2, 0.25) is 11.7 Å². The number of nitrogens with zero attached hydrogens (tertiary/aromatic N) is 2. The van der Waals surface area contributed by atoms with Crippen molar-refractivity contribution < 1.29 is 9.72 Å². The van der Waals surface area contributed by atoms with Gasteiger partial charge in [0.15, 0.2) is 0 Å². The van der Waals surface area contributed by atoms with Gasteiger partial charge < -0.3 is 10.6 Å². The zero-order chi connectivity index (χ0) is 13.5. The summed E-state index contributed by atoms with van der Waals surface area (Å²) in [5, 5.41) is 15.8. The molecular formula is C10H9BrN4O3. The molecule has 0 radical (unpaired) electrons. The summed E-state index contributed by atoms with van der Waals surface area (Å²) in [4.78, 5) is 25.3. The van der Waals surface area contributed by atoms with E-state index in [1.54, 1.807) is 0 Å². The van der Waals surface area contributed by atoms with Crippen molar-refractivity contribution in [2.75, 3.05) is 18.4 Å². The van der Waals surface area contributed by atoms with Crippen molar-refractivity contribution >= 4 is 33.3 Å². The molecule has 0 saturated heterocycles. The summed E-state index contributed by atoms with van der Waals surface area (Å²) in [7, 11) is 0. The van der Waals surface area contributed by atoms with Gasteiger partial charge in [0.25, 0.3) is 0 Å². The first kappa shape index (κ1) is 13.9. The van der Waals surface area contributed by atoms with Gasteiger partial charge in [0, 0.05) is 16.7 Å². The molecule has 94 valence electrons. The summed E-state index contributed by atoms with van der Waals surface area (Å²) in [6, 6.07) is 1.30. The van der Waals surface area contributed by atoms with Crippen LogP contribution in [0.15, 0.2) is 16.7 Å². The van der Waals surface area contributed by atoms with Gasteiger partial charge in [-0.15, -0.1) is 6.42 Å². The Morgan fingerprint density at radius 2 is 2.39 bits per heavy atom. The van der Waals surface area contributed by atoms with Gasteiger partial charge >= 0.3 is 5.69 Å². The van der Waals surface area contributed by atoms with Crippen LogP contribution in [0.25, 0.3) is 0 Å². The number of carbonyl (C=O) groups excluding carboxylic acids is 1. The van der Waals surface area contributed by atoms with Crippen molar-refractivity contribution in [2.24, 2.45) is 0 Å². The topological polar surface area (TPSA) is 97.2 Å². The summed E-state index contributed by atoms with van der Waals surface area (Å²) < 4.78 is 0.483. The monoisotopic (exact) mass is 312 g/mol. The lowest BCUT2D eigenvalue weighted by Gasteiger charge is -2.06. The third-order valence-corrected chi connectivity index (χ3v) is 2.27. The lowest BCUT2D eigenvalue weighted by atomic mass is 10.4. The van der Waals surface area contributed by atoms with Crippen molar-refractivity contribution in [3.8, 4) is 12.3 Å². The number of terminal acetylenes is 1. The number of rotatable bonds is 5. The summed E-state index contributed by atoms with van der Waals surface area (Å²) in [5.41, 5.74) is -0.214. The van der Waals surface area contributed by atoms with E-state index in [0.717, 1.165) is 0 Å². The molecule has 0 bridgehead atoms. The number of aromatic nitrogens is 1. The van der Waals surface area contributed by atoms with Gasteiger partial charge in [0.1, 0.15) is 0 Å². The Kier molecular flexibility index (Phi) is 5.07. The van der Waals surface area contributed by atoms with E-state index in [2.05, 4.69) is 37.5 Å². The van der Waals surface area contributed by atoms with Crippen molar-refractivity contribution in [1.82, 2.24) is 10.3 Å². The number of nitrogens with one attached hydrogen (secondary N) is 2. The van der Waals surface area contributed by atoms with Crippen LogP contribution in [0.4, 0.5) is 11.5 Å². The minimum absolute atomic E-state index is 0.0269. The molecule has 1 aromatic rings. The molecule has 0 fully saturated rings. The van der Waals surface area contributed by atoms with Gasteiger partial charge in [0.05, 0.1) is 18.0 Å². The molecule has 18 heavy (non-hydrogen) atoms. The highest BCUT2D eigenvalue weighted by Gasteiger charge is 2.16. The van der Waals surface area contributed by atoms with E-state index < -0.39 is 4.92 Å². The van der Waals surface area contributed by atoms with E-state index in [-0.39, 0.29) is 30.5 Å². The zero-order valence-electron chi connectivity index (χ0n) is 9.14. The third kappa shape index (κ3) is 4.03. The van der Waals surface area contributed by atoms with Crippen LogP contribution < -0.4 is 10.6 Å². The lowest BCUT2D eigenvalue weighted by Crippen LogP contribution is -2.30. The Bertz CT molecular complexity index is 512. The lowest BCUT2D eigenvalue weighted by molar-refractivity contribution is -0.384. The Morgan fingerprint density at radius 3 is 3.00 bits per heavy atom. The molecule has 0 aliphatic carbocycles. The molecule has 1 heterocycles. The van der Waals surface area contributed by atoms with E-state index in [4.69, 9.17) is 6.42 Å². The van der Waals surface area contributed by atoms with Crippen LogP contribution in [0.3, 0.4) is 0 Å². The molecule has 0 atom stereocenters. The average molecular weight is 313 g/mol. The summed E-state index contributed by atoms with van der Waals surface area (Å²) in [5.74, 6) is 1.90. The molecular weight excluding hydrogens is 304 g/mol. The Hall–Kier alpha value is -2.14. The summed E-state index contributed by atoms with van der Waals surface area (Å²) >= 11 is 3.08. The number of pyridine rings is 1. The Morgan fingerprint density at radius 1 is 1.67 bits per heavy atom. The van der Waals surface area contributed by atoms with Gasteiger partial charge in [-0.2, -0.15) is 0 Å². The van der Waals surface area contributed by atoms with Gasteiger partial charge in [-0.05, 0) is 15.9 Å². The first-order chi connectivity index (χ1) is 8.54. The molecule has 0 aliphatic heterocycles. The quantitative estimate of drug-likeness (QED) is 0.478. The second kappa shape index (κ2) is 6.56. The van der Waals surface area contributed by atoms with Crippen molar-refractivity contribution in [2.45, 2.75) is 0 Å². The van der Waals surface area contributed by atoms with Crippen LogP contribution >= 0.6 is 15.9 Å². The fourth-order valence-corrected chi connectivity index (χ4v) is 1.40. The minimum Gasteiger partial charge on any atom is -0.355 e. The third-order valence-electron chi connectivity index (χ3n) is 1.83. The van der Waals surface area contributed by atoms with Gasteiger partial charge in [-0.3, -0.25) is 14.9 Å². The number of amides is 1. The highest BCUT2D eigenvalue weighted by Crippen LogP contribution is 2.24. The molecule has 2 N–H and O–H groups in total. The molecule has 0 saturated carbocycles. The van der Waals surface area contributed by atoms with Crippen LogP contribution in [0, 0.1) is 22.5 Å². The van der Waals surface area contributed by atoms with Crippen molar-refractivity contribution in [1.29, 1.82) is 0 Å². The highest BCUT2D eigenvalue weighted by molar-refractivity contribution is 9.10. The maximum absolute atomic E-state index is 11.2. The first-order valence-electron chi connectivity index (χ1n) is 4.78. The van der Waals surface area contributed by atoms with E-state index in [0.29, 0.717) is 4.47 Å². The van der Waals surface area contributed by atoms with Crippen molar-refractivity contribution in [3.05, 3.63) is 26.9 Å². The van der Waals surface area contributed by atoms with Crippen LogP contribution in [-0.2, 0) is 4.79 Å². The maximum Gasteiger partial charge on any atom is 0.312 e. The normalized spacial score (nSPS) is 9.33. The molecule has 1 rings (SSSR count). The summed E-state index contributed by atoms with van der Waals surface area (Å²) in [6.07, 6.45) is 6.37. The molecule has 0 aromatic carbocycles. The number of halogens is 1. The van der Waals surface area contributed by atoms with Crippen LogP contribution in [0.2, 0.25) is 0 Å². The Labute approximate surface area is 111 Å². The number of carbonyl (C=O) groups is 1. The number of nitro groups is 1. The number of hydrogen-bond acceptors (Lipinski definition) is 5. The second-order valence-corrected chi connectivity index (χ2v) is 4.03. The largest absolute Gasteiger partial charge is 0.355 e. The average Bonchev–Trinajstić information content (AvgIpc) is 2.34. The van der Waals surface area contributed by atoms with Crippen LogP contribution in [0.1, 0.15) is 0 Å². The number of hydrogen-bond donors (Lipinski definition) is 2. The fraction of sp³-hybridized carbons (Fsp3) is 0.200. The molecule has 8 heteroatoms. The second-order valence-electron chi connectivity index (χ2n) is 3.11. The maximum atomic E-state index is 11.2. The van der Waals surface area contributed by atoms with E-state index in [1.165, 1.54) is 12.3 Å². The van der Waals surface area contributed by atoms with Crippen molar-refractivity contribution in [3.63, 3.8) is 0 Å². The van der Waals surface area contributed by atoms with E-state index in [9.17, 15) is 14.9 Å².